The highest BCUT2D eigenvalue weighted by Gasteiger charge is 2.41. The lowest BCUT2D eigenvalue weighted by atomic mass is 9.76. The van der Waals surface area contributed by atoms with Crippen molar-refractivity contribution in [1.29, 1.82) is 0 Å². The molecule has 0 bridgehead atoms. The third kappa shape index (κ3) is 3.58. The summed E-state index contributed by atoms with van der Waals surface area (Å²) in [6.45, 7) is 2.83. The Morgan fingerprint density at radius 2 is 2.50 bits per heavy atom. The molecule has 0 radical (unpaired) electrons. The number of rotatable bonds is 7. The molecule has 1 atom stereocenters. The van der Waals surface area contributed by atoms with Crippen LogP contribution in [0.4, 0.5) is 0 Å². The number of likely N-dealkylation sites (tertiary alicyclic amines) is 1. The van der Waals surface area contributed by atoms with Gasteiger partial charge in [-0.2, -0.15) is 0 Å². The molecule has 1 fully saturated rings. The number of piperidine rings is 1. The summed E-state index contributed by atoms with van der Waals surface area (Å²) >= 11 is 0. The van der Waals surface area contributed by atoms with Gasteiger partial charge in [-0.1, -0.05) is 0 Å². The number of nitrogens with zero attached hydrogens (tertiary/aromatic N) is 2. The lowest BCUT2D eigenvalue weighted by Gasteiger charge is -2.39. The molecule has 1 aromatic rings. The Morgan fingerprint density at radius 3 is 3.15 bits per heavy atom. The topological polar surface area (TPSA) is 78.5 Å². The molecule has 1 aliphatic rings. The van der Waals surface area contributed by atoms with Gasteiger partial charge in [0.2, 0.25) is 0 Å². The van der Waals surface area contributed by atoms with E-state index in [0.29, 0.717) is 26.1 Å². The minimum Gasteiger partial charge on any atom is -0.481 e. The predicted molar refractivity (Wildman–Crippen MR) is 74.3 cm³/mol. The smallest absolute Gasteiger partial charge is 0.310 e. The number of aliphatic carboxylic acids is 1. The largest absolute Gasteiger partial charge is 0.481 e. The first-order chi connectivity index (χ1) is 9.66. The molecule has 0 aliphatic carbocycles. The molecule has 2 N–H and O–H groups in total. The average Bonchev–Trinajstić information content (AvgIpc) is 2.92. The SMILES string of the molecule is COCCC[C@@]1(C(=O)O)CCCN(Cc2ncc[nH]2)C1. The van der Waals surface area contributed by atoms with Crippen LogP contribution in [0.25, 0.3) is 0 Å². The zero-order valence-electron chi connectivity index (χ0n) is 12.0. The quantitative estimate of drug-likeness (QED) is 0.741. The highest BCUT2D eigenvalue weighted by atomic mass is 16.5. The van der Waals surface area contributed by atoms with Gasteiger partial charge in [-0.05, 0) is 32.2 Å². The summed E-state index contributed by atoms with van der Waals surface area (Å²) in [5.74, 6) is 0.209. The summed E-state index contributed by atoms with van der Waals surface area (Å²) in [4.78, 5) is 21.2. The normalized spacial score (nSPS) is 23.9. The Kier molecular flexibility index (Phi) is 5.14. The van der Waals surface area contributed by atoms with Crippen molar-refractivity contribution in [2.24, 2.45) is 5.41 Å². The van der Waals surface area contributed by atoms with Gasteiger partial charge in [0, 0.05) is 32.7 Å². The van der Waals surface area contributed by atoms with Crippen LogP contribution in [0, 0.1) is 5.41 Å². The van der Waals surface area contributed by atoms with Crippen molar-refractivity contribution in [2.75, 3.05) is 26.8 Å². The van der Waals surface area contributed by atoms with E-state index in [1.807, 2.05) is 0 Å². The molecule has 1 aromatic heterocycles. The number of carboxylic acid groups (broad SMARTS) is 1. The predicted octanol–water partition coefficient (Wildman–Crippen LogP) is 1.50. The maximum Gasteiger partial charge on any atom is 0.310 e. The number of carboxylic acids is 1. The number of nitrogens with one attached hydrogen (secondary N) is 1. The minimum absolute atomic E-state index is 0.590. The van der Waals surface area contributed by atoms with Gasteiger partial charge in [0.1, 0.15) is 5.82 Å². The van der Waals surface area contributed by atoms with Crippen molar-refractivity contribution in [2.45, 2.75) is 32.2 Å². The molecule has 0 aromatic carbocycles. The van der Waals surface area contributed by atoms with Gasteiger partial charge >= 0.3 is 5.97 Å². The second-order valence-corrected chi connectivity index (χ2v) is 5.53. The van der Waals surface area contributed by atoms with Gasteiger partial charge in [0.25, 0.3) is 0 Å². The standard InChI is InChI=1S/C14H23N3O3/c1-20-9-3-5-14(13(18)19)4-2-8-17(11-14)10-12-15-6-7-16-12/h6-7H,2-5,8-11H2,1H3,(H,15,16)(H,18,19)/t14-/m0/s1. The number of ether oxygens (including phenoxy) is 1. The van der Waals surface area contributed by atoms with E-state index in [0.717, 1.165) is 31.6 Å². The van der Waals surface area contributed by atoms with Crippen LogP contribution in [-0.4, -0.2) is 52.7 Å². The lowest BCUT2D eigenvalue weighted by molar-refractivity contribution is -0.153. The molecular formula is C14H23N3O3. The highest BCUT2D eigenvalue weighted by Crippen LogP contribution is 2.35. The third-order valence-electron chi connectivity index (χ3n) is 4.04. The van der Waals surface area contributed by atoms with E-state index < -0.39 is 11.4 Å². The van der Waals surface area contributed by atoms with Crippen LogP contribution in [0.2, 0.25) is 0 Å². The Hall–Kier alpha value is -1.40. The Bertz CT molecular complexity index is 421. The molecule has 1 aliphatic heterocycles. The van der Waals surface area contributed by atoms with Gasteiger partial charge in [-0.15, -0.1) is 0 Å². The molecule has 1 saturated heterocycles. The van der Waals surface area contributed by atoms with Crippen molar-refractivity contribution in [3.8, 4) is 0 Å². The molecule has 0 saturated carbocycles. The van der Waals surface area contributed by atoms with Crippen LogP contribution < -0.4 is 0 Å². The Labute approximate surface area is 119 Å². The molecular weight excluding hydrogens is 258 g/mol. The first kappa shape index (κ1) is 15.0. The highest BCUT2D eigenvalue weighted by molar-refractivity contribution is 5.75. The first-order valence-electron chi connectivity index (χ1n) is 7.09. The van der Waals surface area contributed by atoms with Crippen molar-refractivity contribution in [3.05, 3.63) is 18.2 Å². The average molecular weight is 281 g/mol. The van der Waals surface area contributed by atoms with Gasteiger partial charge in [-0.3, -0.25) is 9.69 Å². The lowest BCUT2D eigenvalue weighted by Crippen LogP contribution is -2.47. The maximum absolute atomic E-state index is 11.7. The van der Waals surface area contributed by atoms with Crippen molar-refractivity contribution in [1.82, 2.24) is 14.9 Å². The van der Waals surface area contributed by atoms with Crippen LogP contribution in [0.15, 0.2) is 12.4 Å². The van der Waals surface area contributed by atoms with Crippen molar-refractivity contribution in [3.63, 3.8) is 0 Å². The zero-order valence-corrected chi connectivity index (χ0v) is 12.0. The fraction of sp³-hybridized carbons (Fsp3) is 0.714. The van der Waals surface area contributed by atoms with E-state index in [9.17, 15) is 9.90 Å². The molecule has 0 spiro atoms. The van der Waals surface area contributed by atoms with E-state index >= 15 is 0 Å². The van der Waals surface area contributed by atoms with E-state index in [1.54, 1.807) is 19.5 Å². The summed E-state index contributed by atoms with van der Waals surface area (Å²) in [6, 6.07) is 0. The number of imidazole rings is 1. The van der Waals surface area contributed by atoms with E-state index in [4.69, 9.17) is 4.74 Å². The monoisotopic (exact) mass is 281 g/mol. The number of aromatic nitrogens is 2. The van der Waals surface area contributed by atoms with Crippen LogP contribution in [0.1, 0.15) is 31.5 Å². The summed E-state index contributed by atoms with van der Waals surface area (Å²) in [6.07, 6.45) is 6.65. The van der Waals surface area contributed by atoms with E-state index in [-0.39, 0.29) is 0 Å². The van der Waals surface area contributed by atoms with Gasteiger partial charge < -0.3 is 14.8 Å². The van der Waals surface area contributed by atoms with Gasteiger partial charge in [0.05, 0.1) is 12.0 Å². The van der Waals surface area contributed by atoms with Crippen LogP contribution in [0.5, 0.6) is 0 Å². The summed E-state index contributed by atoms with van der Waals surface area (Å²) in [5.41, 5.74) is -0.636. The van der Waals surface area contributed by atoms with E-state index in [1.165, 1.54) is 0 Å². The van der Waals surface area contributed by atoms with Crippen molar-refractivity contribution >= 4 is 5.97 Å². The number of carbonyl (C=O) groups is 1. The van der Waals surface area contributed by atoms with Crippen molar-refractivity contribution < 1.29 is 14.6 Å². The molecule has 20 heavy (non-hydrogen) atoms. The fourth-order valence-corrected chi connectivity index (χ4v) is 3.00. The Balaban J connectivity index is 1.98. The minimum atomic E-state index is -0.683. The molecule has 6 nitrogen and oxygen atoms in total. The van der Waals surface area contributed by atoms with E-state index in [2.05, 4.69) is 14.9 Å². The summed E-state index contributed by atoms with van der Waals surface area (Å²) in [5, 5.41) is 9.64. The first-order valence-corrected chi connectivity index (χ1v) is 7.09. The fourth-order valence-electron chi connectivity index (χ4n) is 3.00. The van der Waals surface area contributed by atoms with Gasteiger partial charge in [-0.25, -0.2) is 4.98 Å². The number of methoxy groups -OCH3 is 1. The molecule has 2 heterocycles. The number of hydrogen-bond acceptors (Lipinski definition) is 4. The second-order valence-electron chi connectivity index (χ2n) is 5.53. The van der Waals surface area contributed by atoms with Crippen LogP contribution in [-0.2, 0) is 16.1 Å². The summed E-state index contributed by atoms with van der Waals surface area (Å²) in [7, 11) is 1.65. The van der Waals surface area contributed by atoms with Gasteiger partial charge in [0.15, 0.2) is 0 Å². The molecule has 6 heteroatoms. The molecule has 0 amide bonds. The molecule has 112 valence electrons. The Morgan fingerprint density at radius 1 is 1.65 bits per heavy atom. The summed E-state index contributed by atoms with van der Waals surface area (Å²) < 4.78 is 5.05. The number of H-pyrrole nitrogens is 1. The second kappa shape index (κ2) is 6.85. The third-order valence-corrected chi connectivity index (χ3v) is 4.04. The van der Waals surface area contributed by atoms with Crippen LogP contribution >= 0.6 is 0 Å². The molecule has 2 rings (SSSR count). The zero-order chi connectivity index (χ0) is 14.4. The maximum atomic E-state index is 11.7. The molecule has 0 unspecified atom stereocenters. The number of hydrogen-bond donors (Lipinski definition) is 2. The number of aromatic amines is 1. The van der Waals surface area contributed by atoms with Crippen LogP contribution in [0.3, 0.4) is 0 Å².